The second kappa shape index (κ2) is 5.92. The van der Waals surface area contributed by atoms with Gasteiger partial charge in [0.2, 0.25) is 5.91 Å². The molecule has 0 unspecified atom stereocenters. The molecule has 0 saturated carbocycles. The van der Waals surface area contributed by atoms with Gasteiger partial charge in [-0.25, -0.2) is 0 Å². The summed E-state index contributed by atoms with van der Waals surface area (Å²) in [5, 5.41) is 22.9. The number of aromatic hydroxyl groups is 1. The number of phenols is 1. The number of carboxylic acids is 1. The molecule has 3 rings (SSSR count). The summed E-state index contributed by atoms with van der Waals surface area (Å²) in [5.74, 6) is -2.07. The Labute approximate surface area is 148 Å². The number of amides is 2. The standard InChI is InChI=1S/C16H19N3O5S/c1-16(2)11(15(23)24)19-13(22)10(14(19)25-16)18-12(21)9(17)7-3-5-8(20)6-4-7/h3-6,9-11,14,20H,17H2,1-2H3,(H,18,21)(H,23,24)/t9-,10-,11+,14+/m0/s1. The average Bonchev–Trinajstić information content (AvgIpc) is 2.80. The van der Waals surface area contributed by atoms with Gasteiger partial charge < -0.3 is 31.0 Å². The normalized spacial score (nSPS) is 28.0. The average molecular weight is 365 g/mol. The molecule has 1 aromatic rings. The molecule has 8 nitrogen and oxygen atoms in total. The van der Waals surface area contributed by atoms with E-state index in [0.717, 1.165) is 0 Å². The van der Waals surface area contributed by atoms with Crippen LogP contribution in [0.5, 0.6) is 5.75 Å². The molecule has 0 aliphatic carbocycles. The highest BCUT2D eigenvalue weighted by Gasteiger charge is 2.62. The first-order valence-electron chi connectivity index (χ1n) is 7.76. The minimum absolute atomic E-state index is 0.0825. The minimum atomic E-state index is -1.29. The number of quaternary nitrogens is 1. The highest BCUT2D eigenvalue weighted by molar-refractivity contribution is 8.01. The highest BCUT2D eigenvalue weighted by Crippen LogP contribution is 2.50. The fourth-order valence-electron chi connectivity index (χ4n) is 3.24. The van der Waals surface area contributed by atoms with Crippen LogP contribution in [0.25, 0.3) is 0 Å². The number of thioether (sulfide) groups is 1. The van der Waals surface area contributed by atoms with Crippen molar-refractivity contribution < 1.29 is 30.3 Å². The number of aliphatic carboxylic acids is 1. The lowest BCUT2D eigenvalue weighted by molar-refractivity contribution is -0.409. The van der Waals surface area contributed by atoms with Crippen LogP contribution in [0.1, 0.15) is 25.5 Å². The van der Waals surface area contributed by atoms with Gasteiger partial charge in [-0.15, -0.1) is 11.8 Å². The number of nitrogens with zero attached hydrogens (tertiary/aromatic N) is 1. The van der Waals surface area contributed by atoms with Crippen molar-refractivity contribution >= 4 is 29.5 Å². The predicted octanol–water partition coefficient (Wildman–Crippen LogP) is -2.03. The molecule has 2 saturated heterocycles. The number of β-lactam (4-membered cyclic amide) rings is 1. The summed E-state index contributed by atoms with van der Waals surface area (Å²) in [7, 11) is 0. The van der Waals surface area contributed by atoms with Crippen LogP contribution in [0.4, 0.5) is 0 Å². The van der Waals surface area contributed by atoms with Crippen molar-refractivity contribution in [1.82, 2.24) is 10.2 Å². The van der Waals surface area contributed by atoms with Gasteiger partial charge in [0, 0.05) is 10.3 Å². The van der Waals surface area contributed by atoms with E-state index in [1.807, 2.05) is 0 Å². The molecular formula is C16H19N3O5S. The summed E-state index contributed by atoms with van der Waals surface area (Å²) in [6.07, 6.45) is 0. The summed E-state index contributed by atoms with van der Waals surface area (Å²) in [5.41, 5.74) is 4.40. The molecule has 0 aromatic heterocycles. The lowest BCUT2D eigenvalue weighted by Crippen LogP contribution is -2.73. The molecule has 1 aromatic carbocycles. The lowest BCUT2D eigenvalue weighted by atomic mass is 9.95. The lowest BCUT2D eigenvalue weighted by Gasteiger charge is -2.45. The third-order valence-electron chi connectivity index (χ3n) is 4.57. The van der Waals surface area contributed by atoms with Crippen LogP contribution in [-0.2, 0) is 14.4 Å². The van der Waals surface area contributed by atoms with Crippen molar-refractivity contribution in [3.05, 3.63) is 29.8 Å². The molecule has 4 atom stereocenters. The quantitative estimate of drug-likeness (QED) is 0.526. The van der Waals surface area contributed by atoms with E-state index in [-0.39, 0.29) is 5.75 Å². The van der Waals surface area contributed by atoms with Crippen molar-refractivity contribution in [2.75, 3.05) is 0 Å². The zero-order valence-electron chi connectivity index (χ0n) is 13.8. The number of carbonyl (C=O) groups is 3. The van der Waals surface area contributed by atoms with Gasteiger partial charge in [-0.3, -0.25) is 9.59 Å². The Kier molecular flexibility index (Phi) is 4.16. The molecule has 2 heterocycles. The Balaban J connectivity index is 1.70. The second-order valence-corrected chi connectivity index (χ2v) is 8.48. The van der Waals surface area contributed by atoms with E-state index in [1.165, 1.54) is 28.8 Å². The third-order valence-corrected chi connectivity index (χ3v) is 6.15. The number of rotatable bonds is 4. The smallest absolute Gasteiger partial charge is 0.283 e. The van der Waals surface area contributed by atoms with Gasteiger partial charge >= 0.3 is 0 Å². The van der Waals surface area contributed by atoms with Crippen molar-refractivity contribution in [2.45, 2.75) is 42.1 Å². The Morgan fingerprint density at radius 1 is 1.36 bits per heavy atom. The van der Waals surface area contributed by atoms with Crippen LogP contribution in [0, 0.1) is 0 Å². The molecule has 9 heteroatoms. The summed E-state index contributed by atoms with van der Waals surface area (Å²) in [4.78, 5) is 37.4. The zero-order valence-corrected chi connectivity index (χ0v) is 14.6. The number of carbonyl (C=O) groups excluding carboxylic acids is 3. The van der Waals surface area contributed by atoms with Gasteiger partial charge in [-0.05, 0) is 38.1 Å². The summed E-state index contributed by atoms with van der Waals surface area (Å²) < 4.78 is -0.695. The molecule has 0 bridgehead atoms. The van der Waals surface area contributed by atoms with Gasteiger partial charge in [0.05, 0.1) is 12.0 Å². The Hall–Kier alpha value is -2.26. The topological polar surface area (TPSA) is 137 Å². The first-order valence-corrected chi connectivity index (χ1v) is 8.64. The predicted molar refractivity (Wildman–Crippen MR) is 86.8 cm³/mol. The molecule has 5 N–H and O–H groups in total. The SMILES string of the molecule is CC1(C)S[C@@H]2[C@@H](NC(=O)[C@@H]([NH3+])c3ccc(O)cc3)C(=O)N2[C@@H]1C(=O)[O-]. The van der Waals surface area contributed by atoms with E-state index < -0.39 is 46.0 Å². The summed E-state index contributed by atoms with van der Waals surface area (Å²) in [6.45, 7) is 3.48. The van der Waals surface area contributed by atoms with Gasteiger partial charge in [0.25, 0.3) is 5.91 Å². The number of benzene rings is 1. The van der Waals surface area contributed by atoms with E-state index in [1.54, 1.807) is 26.0 Å². The molecule has 2 aliphatic rings. The monoisotopic (exact) mass is 365 g/mol. The fraction of sp³-hybridized carbons (Fsp3) is 0.438. The molecular weight excluding hydrogens is 346 g/mol. The molecule has 2 amide bonds. The maximum Gasteiger partial charge on any atom is 0.283 e. The van der Waals surface area contributed by atoms with Gasteiger partial charge in [-0.1, -0.05) is 0 Å². The minimum Gasteiger partial charge on any atom is -0.548 e. The molecule has 0 radical (unpaired) electrons. The van der Waals surface area contributed by atoms with Crippen molar-refractivity contribution in [1.29, 1.82) is 0 Å². The van der Waals surface area contributed by atoms with Crippen LogP contribution in [0.2, 0.25) is 0 Å². The Morgan fingerprint density at radius 2 is 1.96 bits per heavy atom. The van der Waals surface area contributed by atoms with E-state index in [0.29, 0.717) is 5.56 Å². The number of hydrogen-bond acceptors (Lipinski definition) is 6. The Bertz CT molecular complexity index is 736. The maximum absolute atomic E-state index is 12.4. The van der Waals surface area contributed by atoms with Crippen molar-refractivity contribution in [3.63, 3.8) is 0 Å². The number of nitrogens with one attached hydrogen (secondary N) is 1. The number of fused-ring (bicyclic) bond motifs is 1. The highest BCUT2D eigenvalue weighted by atomic mass is 32.2. The van der Waals surface area contributed by atoms with Crippen molar-refractivity contribution in [3.8, 4) is 5.75 Å². The largest absolute Gasteiger partial charge is 0.548 e. The van der Waals surface area contributed by atoms with Crippen LogP contribution >= 0.6 is 11.8 Å². The van der Waals surface area contributed by atoms with Crippen molar-refractivity contribution in [2.24, 2.45) is 0 Å². The van der Waals surface area contributed by atoms with Crippen LogP contribution in [0.15, 0.2) is 24.3 Å². The fourth-order valence-corrected chi connectivity index (χ4v) is 4.86. The summed E-state index contributed by atoms with van der Waals surface area (Å²) >= 11 is 1.33. The third kappa shape index (κ3) is 2.83. The maximum atomic E-state index is 12.4. The van der Waals surface area contributed by atoms with Gasteiger partial charge in [0.15, 0.2) is 6.04 Å². The molecule has 134 valence electrons. The van der Waals surface area contributed by atoms with Crippen LogP contribution in [-0.4, -0.2) is 50.0 Å². The molecule has 25 heavy (non-hydrogen) atoms. The number of phenolic OH excluding ortho intramolecular Hbond substituents is 1. The van der Waals surface area contributed by atoms with Crippen LogP contribution in [0.3, 0.4) is 0 Å². The van der Waals surface area contributed by atoms with E-state index in [4.69, 9.17) is 0 Å². The molecule has 0 spiro atoms. The number of carboxylic acid groups (broad SMARTS) is 1. The zero-order chi connectivity index (χ0) is 18.5. The Morgan fingerprint density at radius 3 is 2.52 bits per heavy atom. The van der Waals surface area contributed by atoms with Gasteiger partial charge in [-0.2, -0.15) is 0 Å². The van der Waals surface area contributed by atoms with Crippen LogP contribution < -0.4 is 16.2 Å². The second-order valence-electron chi connectivity index (χ2n) is 6.71. The molecule has 2 aliphatic heterocycles. The summed E-state index contributed by atoms with van der Waals surface area (Å²) in [6, 6.07) is 3.53. The first kappa shape index (κ1) is 17.6. The molecule has 2 fully saturated rings. The van der Waals surface area contributed by atoms with E-state index in [2.05, 4.69) is 11.1 Å². The van der Waals surface area contributed by atoms with Gasteiger partial charge in [0.1, 0.15) is 17.2 Å². The van der Waals surface area contributed by atoms with E-state index >= 15 is 0 Å². The first-order chi connectivity index (χ1) is 11.6. The number of hydrogen-bond donors (Lipinski definition) is 3. The van der Waals surface area contributed by atoms with E-state index in [9.17, 15) is 24.6 Å².